The Bertz CT molecular complexity index is 927. The maximum absolute atomic E-state index is 13.0. The fourth-order valence-electron chi connectivity index (χ4n) is 3.26. The fourth-order valence-corrected chi connectivity index (χ4v) is 3.26. The molecule has 0 radical (unpaired) electrons. The van der Waals surface area contributed by atoms with Crippen LogP contribution in [0.3, 0.4) is 0 Å². The highest BCUT2D eigenvalue weighted by atomic mass is 16.5. The number of hydrogen-bond acceptors (Lipinski definition) is 5. The molecule has 8 nitrogen and oxygen atoms in total. The SMILES string of the molecule is COC(=O)CCc1ccc(N2CCN(c3ccc(C(=N)N)cc3OC)C2=O)cc1. The molecule has 1 aliphatic heterocycles. The van der Waals surface area contributed by atoms with E-state index >= 15 is 0 Å². The zero-order valence-electron chi connectivity index (χ0n) is 16.5. The van der Waals surface area contributed by atoms with E-state index in [9.17, 15) is 9.59 Å². The summed E-state index contributed by atoms with van der Waals surface area (Å²) in [6.45, 7) is 1.05. The van der Waals surface area contributed by atoms with Gasteiger partial charge in [-0.2, -0.15) is 0 Å². The van der Waals surface area contributed by atoms with Gasteiger partial charge in [0.1, 0.15) is 11.6 Å². The molecule has 0 unspecified atom stereocenters. The molecular weight excluding hydrogens is 372 g/mol. The van der Waals surface area contributed by atoms with Crippen LogP contribution in [0, 0.1) is 5.41 Å². The van der Waals surface area contributed by atoms with Crippen LogP contribution in [0.5, 0.6) is 5.75 Å². The molecule has 3 rings (SSSR count). The monoisotopic (exact) mass is 396 g/mol. The first-order valence-electron chi connectivity index (χ1n) is 9.22. The third kappa shape index (κ3) is 4.31. The molecule has 0 aliphatic carbocycles. The molecular formula is C21H24N4O4. The van der Waals surface area contributed by atoms with Gasteiger partial charge in [-0.05, 0) is 42.3 Å². The van der Waals surface area contributed by atoms with E-state index in [-0.39, 0.29) is 17.8 Å². The Kier molecular flexibility index (Phi) is 6.01. The number of nitrogens with zero attached hydrogens (tertiary/aromatic N) is 2. The number of nitrogens with two attached hydrogens (primary N) is 1. The number of aryl methyl sites for hydroxylation is 1. The number of carbonyl (C=O) groups is 2. The van der Waals surface area contributed by atoms with Gasteiger partial charge in [0.25, 0.3) is 0 Å². The molecule has 0 atom stereocenters. The highest BCUT2D eigenvalue weighted by Crippen LogP contribution is 2.33. The molecule has 0 aromatic heterocycles. The van der Waals surface area contributed by atoms with E-state index in [2.05, 4.69) is 4.74 Å². The minimum atomic E-state index is -0.246. The van der Waals surface area contributed by atoms with Crippen LogP contribution in [-0.2, 0) is 16.0 Å². The Labute approximate surface area is 169 Å². The van der Waals surface area contributed by atoms with Crippen molar-refractivity contribution in [3.05, 3.63) is 53.6 Å². The van der Waals surface area contributed by atoms with Gasteiger partial charge in [-0.15, -0.1) is 0 Å². The van der Waals surface area contributed by atoms with Gasteiger partial charge in [0.05, 0.1) is 19.9 Å². The zero-order valence-corrected chi connectivity index (χ0v) is 16.5. The van der Waals surface area contributed by atoms with Gasteiger partial charge in [0, 0.05) is 30.8 Å². The molecule has 2 amide bonds. The van der Waals surface area contributed by atoms with Gasteiger partial charge < -0.3 is 15.2 Å². The maximum Gasteiger partial charge on any atom is 0.329 e. The van der Waals surface area contributed by atoms with Crippen molar-refractivity contribution in [2.45, 2.75) is 12.8 Å². The number of nitrogen functional groups attached to an aromatic ring is 1. The van der Waals surface area contributed by atoms with Gasteiger partial charge in [0.15, 0.2) is 0 Å². The lowest BCUT2D eigenvalue weighted by Gasteiger charge is -2.21. The molecule has 1 heterocycles. The minimum Gasteiger partial charge on any atom is -0.495 e. The van der Waals surface area contributed by atoms with Crippen molar-refractivity contribution in [2.75, 3.05) is 37.1 Å². The van der Waals surface area contributed by atoms with E-state index < -0.39 is 0 Å². The number of rotatable bonds is 7. The number of carbonyl (C=O) groups excluding carboxylic acids is 2. The Balaban J connectivity index is 1.74. The number of amides is 2. The van der Waals surface area contributed by atoms with Crippen LogP contribution in [-0.4, -0.2) is 45.1 Å². The molecule has 3 N–H and O–H groups in total. The van der Waals surface area contributed by atoms with E-state index in [1.807, 2.05) is 24.3 Å². The van der Waals surface area contributed by atoms with Crippen LogP contribution < -0.4 is 20.3 Å². The molecule has 29 heavy (non-hydrogen) atoms. The first-order chi connectivity index (χ1) is 13.9. The maximum atomic E-state index is 13.0. The average Bonchev–Trinajstić information content (AvgIpc) is 3.12. The quantitative estimate of drug-likeness (QED) is 0.425. The molecule has 1 fully saturated rings. The van der Waals surface area contributed by atoms with Crippen LogP contribution in [0.4, 0.5) is 16.2 Å². The molecule has 152 valence electrons. The molecule has 1 aliphatic rings. The number of urea groups is 1. The molecule has 0 bridgehead atoms. The summed E-state index contributed by atoms with van der Waals surface area (Å²) in [5.41, 5.74) is 8.51. The highest BCUT2D eigenvalue weighted by molar-refractivity contribution is 6.07. The van der Waals surface area contributed by atoms with Crippen LogP contribution in [0.25, 0.3) is 0 Å². The highest BCUT2D eigenvalue weighted by Gasteiger charge is 2.32. The van der Waals surface area contributed by atoms with Crippen molar-refractivity contribution < 1.29 is 19.1 Å². The second-order valence-corrected chi connectivity index (χ2v) is 6.63. The fraction of sp³-hybridized carbons (Fsp3) is 0.286. The second kappa shape index (κ2) is 8.64. The van der Waals surface area contributed by atoms with Gasteiger partial charge in [0.2, 0.25) is 0 Å². The number of methoxy groups -OCH3 is 2. The zero-order chi connectivity index (χ0) is 21.0. The molecule has 0 spiro atoms. The van der Waals surface area contributed by atoms with Crippen LogP contribution in [0.1, 0.15) is 17.5 Å². The van der Waals surface area contributed by atoms with Crippen molar-refractivity contribution in [2.24, 2.45) is 5.73 Å². The van der Waals surface area contributed by atoms with Gasteiger partial charge in [-0.3, -0.25) is 20.0 Å². The average molecular weight is 396 g/mol. The van der Waals surface area contributed by atoms with Gasteiger partial charge in [-0.25, -0.2) is 4.79 Å². The molecule has 2 aromatic rings. The summed E-state index contributed by atoms with van der Waals surface area (Å²) in [7, 11) is 2.90. The van der Waals surface area contributed by atoms with Gasteiger partial charge in [-0.1, -0.05) is 12.1 Å². The molecule has 2 aromatic carbocycles. The molecule has 8 heteroatoms. The summed E-state index contributed by atoms with van der Waals surface area (Å²) in [4.78, 5) is 27.6. The first-order valence-corrected chi connectivity index (χ1v) is 9.22. The van der Waals surface area contributed by atoms with Crippen molar-refractivity contribution in [1.82, 2.24) is 0 Å². The summed E-state index contributed by atoms with van der Waals surface area (Å²) < 4.78 is 10.1. The Morgan fingerprint density at radius 2 is 1.79 bits per heavy atom. The van der Waals surface area contributed by atoms with E-state index in [1.165, 1.54) is 14.2 Å². The first kappa shape index (κ1) is 20.2. The normalized spacial score (nSPS) is 13.5. The molecule has 1 saturated heterocycles. The predicted octanol–water partition coefficient (Wildman–Crippen LogP) is 2.53. The third-order valence-corrected chi connectivity index (χ3v) is 4.88. The Morgan fingerprint density at radius 1 is 1.10 bits per heavy atom. The lowest BCUT2D eigenvalue weighted by molar-refractivity contribution is -0.140. The lowest BCUT2D eigenvalue weighted by Crippen LogP contribution is -2.32. The minimum absolute atomic E-state index is 0.0588. The Morgan fingerprint density at radius 3 is 2.41 bits per heavy atom. The second-order valence-electron chi connectivity index (χ2n) is 6.63. The van der Waals surface area contributed by atoms with E-state index in [0.29, 0.717) is 42.9 Å². The van der Waals surface area contributed by atoms with Crippen molar-refractivity contribution in [1.29, 1.82) is 5.41 Å². The summed E-state index contributed by atoms with van der Waals surface area (Å²) >= 11 is 0. The largest absolute Gasteiger partial charge is 0.495 e. The lowest BCUT2D eigenvalue weighted by atomic mass is 10.1. The van der Waals surface area contributed by atoms with Crippen molar-refractivity contribution >= 4 is 29.2 Å². The number of amidine groups is 1. The number of esters is 1. The summed E-state index contributed by atoms with van der Waals surface area (Å²) in [6, 6.07) is 12.5. The van der Waals surface area contributed by atoms with E-state index in [0.717, 1.165) is 11.3 Å². The van der Waals surface area contributed by atoms with Crippen LogP contribution in [0.2, 0.25) is 0 Å². The number of nitrogens with one attached hydrogen (secondary N) is 1. The van der Waals surface area contributed by atoms with Gasteiger partial charge >= 0.3 is 12.0 Å². The van der Waals surface area contributed by atoms with Crippen molar-refractivity contribution in [3.63, 3.8) is 0 Å². The number of hydrogen-bond donors (Lipinski definition) is 2. The van der Waals surface area contributed by atoms with Crippen LogP contribution >= 0.6 is 0 Å². The van der Waals surface area contributed by atoms with Crippen LogP contribution in [0.15, 0.2) is 42.5 Å². The smallest absolute Gasteiger partial charge is 0.329 e. The van der Waals surface area contributed by atoms with E-state index in [1.54, 1.807) is 28.0 Å². The standard InChI is InChI=1S/C21H24N4O4/c1-28-18-13-15(20(22)23)6-9-17(18)25-12-11-24(21(25)27)16-7-3-14(4-8-16)5-10-19(26)29-2/h3-4,6-9,13H,5,10-12H2,1-2H3,(H3,22,23). The van der Waals surface area contributed by atoms with Crippen molar-refractivity contribution in [3.8, 4) is 5.75 Å². The topological polar surface area (TPSA) is 109 Å². The number of ether oxygens (including phenoxy) is 2. The number of benzene rings is 2. The third-order valence-electron chi connectivity index (χ3n) is 4.88. The summed E-state index contributed by atoms with van der Waals surface area (Å²) in [5, 5.41) is 7.56. The Hall–Kier alpha value is -3.55. The predicted molar refractivity (Wildman–Crippen MR) is 111 cm³/mol. The van der Waals surface area contributed by atoms with E-state index in [4.69, 9.17) is 15.9 Å². The number of anilines is 2. The molecule has 0 saturated carbocycles. The summed E-state index contributed by atoms with van der Waals surface area (Å²) in [5.74, 6) is 0.187. The summed E-state index contributed by atoms with van der Waals surface area (Å²) in [6.07, 6.45) is 0.912.